The van der Waals surface area contributed by atoms with Crippen LogP contribution in [0.15, 0.2) is 34.5 Å². The second-order valence-electron chi connectivity index (χ2n) is 7.15. The lowest BCUT2D eigenvalue weighted by Gasteiger charge is -2.49. The molecular formula is C20H25N5O5S2. The number of hydrogen-bond donors (Lipinski definition) is 3. The van der Waals surface area contributed by atoms with E-state index in [2.05, 4.69) is 29.0 Å². The van der Waals surface area contributed by atoms with Crippen LogP contribution in [-0.2, 0) is 19.2 Å². The standard InChI is InChI=1S/C20H25N5O5S2/c1-3-5-6-7-8-30-24-13(12-10-32-20(21)22-12)16(26)23-14-17(27)25-15(19(28)29)11(4-2)9-31-18(14)25/h4,10,14,18H,2-3,5-9H2,1H3,(H2,21,22)(H,23,26)(H,28,29)/t14?,18-/m1/s1. The van der Waals surface area contributed by atoms with Gasteiger partial charge in [-0.1, -0.05) is 37.6 Å². The van der Waals surface area contributed by atoms with Gasteiger partial charge in [0.05, 0.1) is 0 Å². The summed E-state index contributed by atoms with van der Waals surface area (Å²) in [6.07, 6.45) is 5.41. The highest BCUT2D eigenvalue weighted by atomic mass is 32.2. The van der Waals surface area contributed by atoms with Crippen LogP contribution in [0.3, 0.4) is 0 Å². The number of carbonyl (C=O) groups excluding carboxylic acids is 2. The fourth-order valence-corrected chi connectivity index (χ4v) is 5.20. The molecule has 0 spiro atoms. The number of rotatable bonds is 11. The van der Waals surface area contributed by atoms with E-state index in [0.29, 0.717) is 17.9 Å². The van der Waals surface area contributed by atoms with Crippen LogP contribution in [0.5, 0.6) is 0 Å². The highest BCUT2D eigenvalue weighted by Crippen LogP contribution is 2.40. The maximum Gasteiger partial charge on any atom is 0.352 e. The molecule has 3 rings (SSSR count). The molecule has 0 aromatic carbocycles. The van der Waals surface area contributed by atoms with Crippen molar-refractivity contribution in [1.29, 1.82) is 0 Å². The number of carbonyl (C=O) groups is 3. The van der Waals surface area contributed by atoms with Crippen LogP contribution >= 0.6 is 23.1 Å². The summed E-state index contributed by atoms with van der Waals surface area (Å²) in [6.45, 7) is 6.07. The number of β-lactam (4-membered cyclic amide) rings is 1. The van der Waals surface area contributed by atoms with Crippen molar-refractivity contribution in [2.75, 3.05) is 18.1 Å². The summed E-state index contributed by atoms with van der Waals surface area (Å²) in [4.78, 5) is 47.9. The van der Waals surface area contributed by atoms with Crippen LogP contribution in [-0.4, -0.2) is 62.3 Å². The van der Waals surface area contributed by atoms with Crippen molar-refractivity contribution in [2.45, 2.75) is 44.0 Å². The number of nitrogens with two attached hydrogens (primary N) is 1. The Kier molecular flexibility index (Phi) is 7.91. The highest BCUT2D eigenvalue weighted by molar-refractivity contribution is 8.00. The Bertz CT molecular complexity index is 973. The fourth-order valence-electron chi connectivity index (χ4n) is 3.31. The van der Waals surface area contributed by atoms with E-state index in [4.69, 9.17) is 10.6 Å². The van der Waals surface area contributed by atoms with E-state index in [1.807, 2.05) is 0 Å². The lowest BCUT2D eigenvalue weighted by molar-refractivity contribution is -0.150. The van der Waals surface area contributed by atoms with Gasteiger partial charge in [0, 0.05) is 11.1 Å². The molecule has 1 fully saturated rings. The number of aromatic nitrogens is 1. The second-order valence-corrected chi connectivity index (χ2v) is 9.14. The molecule has 1 saturated heterocycles. The third-order valence-electron chi connectivity index (χ3n) is 4.96. The smallest absolute Gasteiger partial charge is 0.352 e. The van der Waals surface area contributed by atoms with Gasteiger partial charge in [-0.3, -0.25) is 14.5 Å². The largest absolute Gasteiger partial charge is 0.477 e. The maximum absolute atomic E-state index is 13.0. The normalized spacial score (nSPS) is 20.5. The van der Waals surface area contributed by atoms with Crippen LogP contribution < -0.4 is 11.1 Å². The Hall–Kier alpha value is -2.86. The zero-order valence-electron chi connectivity index (χ0n) is 17.6. The number of oxime groups is 1. The number of nitrogens with one attached hydrogen (secondary N) is 1. The van der Waals surface area contributed by atoms with Gasteiger partial charge in [-0.15, -0.1) is 23.1 Å². The predicted molar refractivity (Wildman–Crippen MR) is 123 cm³/mol. The first kappa shape index (κ1) is 23.8. The van der Waals surface area contributed by atoms with Gasteiger partial charge in [0.2, 0.25) is 0 Å². The van der Waals surface area contributed by atoms with E-state index in [1.165, 1.54) is 22.7 Å². The summed E-state index contributed by atoms with van der Waals surface area (Å²) >= 11 is 2.51. The van der Waals surface area contributed by atoms with Crippen LogP contribution in [0.1, 0.15) is 38.3 Å². The van der Waals surface area contributed by atoms with Gasteiger partial charge in [-0.25, -0.2) is 9.78 Å². The number of carboxylic acid groups (broad SMARTS) is 1. The molecular weight excluding hydrogens is 454 g/mol. The van der Waals surface area contributed by atoms with E-state index in [-0.39, 0.29) is 22.2 Å². The second kappa shape index (κ2) is 10.6. The number of nitrogens with zero attached hydrogens (tertiary/aromatic N) is 3. The number of aliphatic carboxylic acids is 1. The van der Waals surface area contributed by atoms with Gasteiger partial charge < -0.3 is 21.0 Å². The highest BCUT2D eigenvalue weighted by Gasteiger charge is 2.54. The van der Waals surface area contributed by atoms with Crippen molar-refractivity contribution in [1.82, 2.24) is 15.2 Å². The number of hydrogen-bond acceptors (Lipinski definition) is 9. The summed E-state index contributed by atoms with van der Waals surface area (Å²) in [5, 5.41) is 17.4. The molecule has 0 radical (unpaired) electrons. The first-order valence-corrected chi connectivity index (χ1v) is 12.1. The van der Waals surface area contributed by atoms with Crippen molar-refractivity contribution < 1.29 is 24.3 Å². The number of thioether (sulfide) groups is 1. The van der Waals surface area contributed by atoms with Crippen LogP contribution in [0.4, 0.5) is 5.13 Å². The van der Waals surface area contributed by atoms with Gasteiger partial charge in [-0.2, -0.15) is 0 Å². The molecule has 2 aliphatic rings. The summed E-state index contributed by atoms with van der Waals surface area (Å²) in [5.41, 5.74) is 6.22. The number of allylic oxidation sites excluding steroid dienone is 1. The fraction of sp³-hybridized carbons (Fsp3) is 0.450. The van der Waals surface area contributed by atoms with Gasteiger partial charge >= 0.3 is 5.97 Å². The summed E-state index contributed by atoms with van der Waals surface area (Å²) in [7, 11) is 0. The molecule has 0 bridgehead atoms. The van der Waals surface area contributed by atoms with Gasteiger partial charge in [0.25, 0.3) is 11.8 Å². The van der Waals surface area contributed by atoms with E-state index in [0.717, 1.165) is 37.0 Å². The molecule has 3 heterocycles. The van der Waals surface area contributed by atoms with E-state index in [1.54, 1.807) is 5.38 Å². The average Bonchev–Trinajstić information content (AvgIpc) is 3.21. The summed E-state index contributed by atoms with van der Waals surface area (Å²) in [6, 6.07) is -0.890. The molecule has 172 valence electrons. The molecule has 0 aliphatic carbocycles. The Morgan fingerprint density at radius 2 is 2.25 bits per heavy atom. The molecule has 1 aromatic heterocycles. The topological polar surface area (TPSA) is 147 Å². The minimum atomic E-state index is -1.21. The van der Waals surface area contributed by atoms with E-state index < -0.39 is 29.2 Å². The average molecular weight is 480 g/mol. The Balaban J connectivity index is 1.71. The molecule has 32 heavy (non-hydrogen) atoms. The van der Waals surface area contributed by atoms with E-state index >= 15 is 0 Å². The molecule has 1 aromatic rings. The van der Waals surface area contributed by atoms with Crippen molar-refractivity contribution in [2.24, 2.45) is 5.16 Å². The first-order valence-electron chi connectivity index (χ1n) is 10.1. The monoisotopic (exact) mass is 479 g/mol. The molecule has 2 aliphatic heterocycles. The number of fused-ring (bicyclic) bond motifs is 1. The SMILES string of the molecule is C=CC1=C(C(=O)O)N2C(=O)C(NC(=O)C(=NOCCCCCC)c3csc(N)n3)[C@H]2SC1. The zero-order chi connectivity index (χ0) is 23.3. The number of thiazole rings is 1. The first-order chi connectivity index (χ1) is 15.4. The van der Waals surface area contributed by atoms with Gasteiger partial charge in [0.1, 0.15) is 29.4 Å². The molecule has 4 N–H and O–H groups in total. The quantitative estimate of drug-likeness (QED) is 0.189. The Morgan fingerprint density at radius 1 is 1.47 bits per heavy atom. The van der Waals surface area contributed by atoms with Crippen molar-refractivity contribution >= 4 is 51.7 Å². The van der Waals surface area contributed by atoms with Crippen LogP contribution in [0.25, 0.3) is 0 Å². The van der Waals surface area contributed by atoms with Gasteiger partial charge in [-0.05, 0) is 18.4 Å². The molecule has 2 amide bonds. The molecule has 12 heteroatoms. The zero-order valence-corrected chi connectivity index (χ0v) is 19.2. The third-order valence-corrected chi connectivity index (χ3v) is 6.93. The van der Waals surface area contributed by atoms with Crippen molar-refractivity contribution in [3.63, 3.8) is 0 Å². The predicted octanol–water partition coefficient (Wildman–Crippen LogP) is 1.95. The lowest BCUT2D eigenvalue weighted by atomic mass is 10.0. The minimum absolute atomic E-state index is 0.0821. The number of amides is 2. The number of unbranched alkanes of at least 4 members (excludes halogenated alkanes) is 3. The maximum atomic E-state index is 13.0. The molecule has 1 unspecified atom stereocenters. The van der Waals surface area contributed by atoms with Gasteiger partial charge in [0.15, 0.2) is 10.8 Å². The van der Waals surface area contributed by atoms with Crippen LogP contribution in [0.2, 0.25) is 0 Å². The third kappa shape index (κ3) is 4.96. The molecule has 0 saturated carbocycles. The number of carboxylic acids is 1. The minimum Gasteiger partial charge on any atom is -0.477 e. The Morgan fingerprint density at radius 3 is 2.88 bits per heavy atom. The molecule has 2 atom stereocenters. The lowest BCUT2D eigenvalue weighted by Crippen LogP contribution is -2.71. The number of nitrogen functional groups attached to an aromatic ring is 1. The van der Waals surface area contributed by atoms with Crippen molar-refractivity contribution in [3.8, 4) is 0 Å². The molecule has 10 nitrogen and oxygen atoms in total. The van der Waals surface area contributed by atoms with Crippen LogP contribution in [0, 0.1) is 0 Å². The number of anilines is 1. The summed E-state index contributed by atoms with van der Waals surface area (Å²) in [5.74, 6) is -1.99. The van der Waals surface area contributed by atoms with Crippen molar-refractivity contribution in [3.05, 3.63) is 35.0 Å². The van der Waals surface area contributed by atoms with E-state index in [9.17, 15) is 19.5 Å². The Labute approximate surface area is 193 Å². The summed E-state index contributed by atoms with van der Waals surface area (Å²) < 4.78 is 0.